The molecule has 0 radical (unpaired) electrons. The van der Waals surface area contributed by atoms with E-state index in [0.29, 0.717) is 18.6 Å². The van der Waals surface area contributed by atoms with Crippen molar-refractivity contribution in [1.82, 2.24) is 9.62 Å². The molecule has 1 aromatic carbocycles. The molecular formula is C15H22N2O4S. The standard InChI is InChI=1S/C15H22N2O4S/c1-3-9-22(19,20)17-11-13(10-14(17)15(18)16-2)21-12-7-5-4-6-8-12/h4-8,13-14H,3,9-11H2,1-2H3,(H,16,18)/t13-,14-/m0/s1. The molecule has 2 rings (SSSR count). The minimum Gasteiger partial charge on any atom is -0.489 e. The van der Waals surface area contributed by atoms with Gasteiger partial charge < -0.3 is 10.1 Å². The second-order valence-corrected chi connectivity index (χ2v) is 7.35. The number of carbonyl (C=O) groups excluding carboxylic acids is 1. The number of hydrogen-bond donors (Lipinski definition) is 1. The number of rotatable bonds is 6. The number of ether oxygens (including phenoxy) is 1. The van der Waals surface area contributed by atoms with Crippen molar-refractivity contribution in [2.75, 3.05) is 19.3 Å². The first-order chi connectivity index (χ1) is 10.5. The van der Waals surface area contributed by atoms with E-state index in [1.165, 1.54) is 11.4 Å². The second-order valence-electron chi connectivity index (χ2n) is 5.30. The van der Waals surface area contributed by atoms with Gasteiger partial charge in [0.1, 0.15) is 17.9 Å². The van der Waals surface area contributed by atoms with Gasteiger partial charge in [-0.1, -0.05) is 25.1 Å². The molecule has 0 saturated carbocycles. The van der Waals surface area contributed by atoms with Gasteiger partial charge in [-0.3, -0.25) is 4.79 Å². The number of para-hydroxylation sites is 1. The SMILES string of the molecule is CCCS(=O)(=O)N1C[C@@H](Oc2ccccc2)C[C@H]1C(=O)NC. The van der Waals surface area contributed by atoms with Crippen LogP contribution in [-0.4, -0.2) is 50.1 Å². The third kappa shape index (κ3) is 3.78. The fraction of sp³-hybridized carbons (Fsp3) is 0.533. The summed E-state index contributed by atoms with van der Waals surface area (Å²) in [5.41, 5.74) is 0. The van der Waals surface area contributed by atoms with Gasteiger partial charge in [-0.25, -0.2) is 8.42 Å². The Balaban J connectivity index is 2.16. The van der Waals surface area contributed by atoms with Crippen LogP contribution in [0.15, 0.2) is 30.3 Å². The molecule has 0 bridgehead atoms. The maximum Gasteiger partial charge on any atom is 0.238 e. The average molecular weight is 326 g/mol. The first-order valence-corrected chi connectivity index (χ1v) is 9.01. The Kier molecular flexibility index (Phi) is 5.42. The summed E-state index contributed by atoms with van der Waals surface area (Å²) in [4.78, 5) is 12.0. The van der Waals surface area contributed by atoms with Gasteiger partial charge in [0.2, 0.25) is 15.9 Å². The zero-order valence-corrected chi connectivity index (χ0v) is 13.7. The number of nitrogens with one attached hydrogen (secondary N) is 1. The van der Waals surface area contributed by atoms with Crippen LogP contribution in [0, 0.1) is 0 Å². The van der Waals surface area contributed by atoms with Crippen molar-refractivity contribution >= 4 is 15.9 Å². The summed E-state index contributed by atoms with van der Waals surface area (Å²) in [7, 11) is -1.93. The lowest BCUT2D eigenvalue weighted by Crippen LogP contribution is -2.45. The smallest absolute Gasteiger partial charge is 0.238 e. The van der Waals surface area contributed by atoms with E-state index in [1.807, 2.05) is 30.3 Å². The molecule has 1 N–H and O–H groups in total. The molecule has 2 atom stereocenters. The minimum atomic E-state index is -3.45. The van der Waals surface area contributed by atoms with E-state index in [-0.39, 0.29) is 24.3 Å². The van der Waals surface area contributed by atoms with E-state index >= 15 is 0 Å². The van der Waals surface area contributed by atoms with Crippen molar-refractivity contribution in [3.05, 3.63) is 30.3 Å². The fourth-order valence-corrected chi connectivity index (χ4v) is 4.35. The van der Waals surface area contributed by atoms with Gasteiger partial charge in [0, 0.05) is 13.5 Å². The van der Waals surface area contributed by atoms with Gasteiger partial charge in [-0.05, 0) is 18.6 Å². The number of benzene rings is 1. The Morgan fingerprint density at radius 2 is 2.05 bits per heavy atom. The summed E-state index contributed by atoms with van der Waals surface area (Å²) in [6, 6.07) is 8.52. The van der Waals surface area contributed by atoms with Crippen LogP contribution in [0.3, 0.4) is 0 Å². The maximum atomic E-state index is 12.4. The number of likely N-dealkylation sites (N-methyl/N-ethyl adjacent to an activating group) is 1. The number of carbonyl (C=O) groups is 1. The monoisotopic (exact) mass is 326 g/mol. The second kappa shape index (κ2) is 7.11. The van der Waals surface area contributed by atoms with Crippen LogP contribution in [0.5, 0.6) is 5.75 Å². The first kappa shape index (κ1) is 16.8. The van der Waals surface area contributed by atoms with Gasteiger partial charge in [0.15, 0.2) is 0 Å². The third-order valence-electron chi connectivity index (χ3n) is 3.63. The predicted octanol–water partition coefficient (Wildman–Crippen LogP) is 0.994. The Morgan fingerprint density at radius 3 is 2.64 bits per heavy atom. The normalized spacial score (nSPS) is 22.5. The Labute approximate surface area is 131 Å². The molecule has 0 aliphatic carbocycles. The van der Waals surface area contributed by atoms with E-state index in [2.05, 4.69) is 5.32 Å². The third-order valence-corrected chi connectivity index (χ3v) is 5.67. The van der Waals surface area contributed by atoms with Crippen LogP contribution in [0.2, 0.25) is 0 Å². The first-order valence-electron chi connectivity index (χ1n) is 7.40. The summed E-state index contributed by atoms with van der Waals surface area (Å²) in [5, 5.41) is 2.53. The Morgan fingerprint density at radius 1 is 1.36 bits per heavy atom. The van der Waals surface area contributed by atoms with Gasteiger partial charge in [-0.2, -0.15) is 4.31 Å². The maximum absolute atomic E-state index is 12.4. The molecule has 6 nitrogen and oxygen atoms in total. The average Bonchev–Trinajstić information content (AvgIpc) is 2.92. The number of hydrogen-bond acceptors (Lipinski definition) is 4. The molecule has 0 aromatic heterocycles. The van der Waals surface area contributed by atoms with Crippen molar-refractivity contribution in [1.29, 1.82) is 0 Å². The highest BCUT2D eigenvalue weighted by Gasteiger charge is 2.43. The molecule has 22 heavy (non-hydrogen) atoms. The van der Waals surface area contributed by atoms with Crippen LogP contribution in [0.1, 0.15) is 19.8 Å². The predicted molar refractivity (Wildman–Crippen MR) is 84.1 cm³/mol. The minimum absolute atomic E-state index is 0.0402. The van der Waals surface area contributed by atoms with Gasteiger partial charge in [-0.15, -0.1) is 0 Å². The molecule has 1 saturated heterocycles. The van der Waals surface area contributed by atoms with Gasteiger partial charge in [0.25, 0.3) is 0 Å². The lowest BCUT2D eigenvalue weighted by Gasteiger charge is -2.21. The molecule has 0 spiro atoms. The fourth-order valence-electron chi connectivity index (χ4n) is 2.63. The number of sulfonamides is 1. The van der Waals surface area contributed by atoms with Crippen LogP contribution < -0.4 is 10.1 Å². The van der Waals surface area contributed by atoms with Crippen molar-refractivity contribution in [3.63, 3.8) is 0 Å². The topological polar surface area (TPSA) is 75.7 Å². The lowest BCUT2D eigenvalue weighted by atomic mass is 10.2. The Bertz CT molecular complexity index is 603. The van der Waals surface area contributed by atoms with E-state index in [1.54, 1.807) is 6.92 Å². The highest BCUT2D eigenvalue weighted by Crippen LogP contribution is 2.26. The molecule has 122 valence electrons. The quantitative estimate of drug-likeness (QED) is 0.846. The summed E-state index contributed by atoms with van der Waals surface area (Å²) >= 11 is 0. The molecule has 1 aliphatic rings. The number of amides is 1. The zero-order valence-electron chi connectivity index (χ0n) is 12.9. The molecule has 7 heteroatoms. The Hall–Kier alpha value is -1.60. The largest absolute Gasteiger partial charge is 0.489 e. The van der Waals surface area contributed by atoms with Crippen molar-refractivity contribution in [3.8, 4) is 5.75 Å². The van der Waals surface area contributed by atoms with Crippen molar-refractivity contribution < 1.29 is 17.9 Å². The number of nitrogens with zero attached hydrogens (tertiary/aromatic N) is 1. The lowest BCUT2D eigenvalue weighted by molar-refractivity contribution is -0.123. The van der Waals surface area contributed by atoms with Crippen LogP contribution in [0.4, 0.5) is 0 Å². The van der Waals surface area contributed by atoms with E-state index in [4.69, 9.17) is 4.74 Å². The van der Waals surface area contributed by atoms with E-state index < -0.39 is 16.1 Å². The van der Waals surface area contributed by atoms with E-state index in [9.17, 15) is 13.2 Å². The summed E-state index contributed by atoms with van der Waals surface area (Å²) in [5.74, 6) is 0.426. The van der Waals surface area contributed by atoms with Gasteiger partial charge >= 0.3 is 0 Å². The van der Waals surface area contributed by atoms with Crippen molar-refractivity contribution in [2.45, 2.75) is 31.9 Å². The highest BCUT2D eigenvalue weighted by molar-refractivity contribution is 7.89. The zero-order chi connectivity index (χ0) is 16.2. The summed E-state index contributed by atoms with van der Waals surface area (Å²) in [6.07, 6.45) is 0.553. The molecule has 1 aliphatic heterocycles. The van der Waals surface area contributed by atoms with Crippen LogP contribution >= 0.6 is 0 Å². The molecule has 1 aromatic rings. The van der Waals surface area contributed by atoms with Gasteiger partial charge in [0.05, 0.1) is 12.3 Å². The molecule has 0 unspecified atom stereocenters. The van der Waals surface area contributed by atoms with Crippen molar-refractivity contribution in [2.24, 2.45) is 0 Å². The molecular weight excluding hydrogens is 304 g/mol. The summed E-state index contributed by atoms with van der Waals surface area (Å²) < 4.78 is 31.8. The summed E-state index contributed by atoms with van der Waals surface area (Å²) in [6.45, 7) is 2.01. The van der Waals surface area contributed by atoms with E-state index in [0.717, 1.165) is 0 Å². The van der Waals surface area contributed by atoms with Crippen LogP contribution in [0.25, 0.3) is 0 Å². The molecule has 1 amide bonds. The highest BCUT2D eigenvalue weighted by atomic mass is 32.2. The molecule has 1 heterocycles. The molecule has 1 fully saturated rings. The van der Waals surface area contributed by atoms with Crippen LogP contribution in [-0.2, 0) is 14.8 Å².